The lowest BCUT2D eigenvalue weighted by molar-refractivity contribution is 1.31. The van der Waals surface area contributed by atoms with Crippen LogP contribution in [0.15, 0.2) is 66.7 Å². The molecule has 0 aliphatic carbocycles. The second-order valence-corrected chi connectivity index (χ2v) is 4.66. The first-order valence-corrected chi connectivity index (χ1v) is 6.61. The van der Waals surface area contributed by atoms with Crippen LogP contribution >= 0.6 is 0 Å². The summed E-state index contributed by atoms with van der Waals surface area (Å²) in [6.45, 7) is 0. The summed E-state index contributed by atoms with van der Waals surface area (Å²) in [6, 6.07) is 23.6. The zero-order valence-electron chi connectivity index (χ0n) is 11.3. The van der Waals surface area contributed by atoms with Crippen LogP contribution in [0.3, 0.4) is 0 Å². The number of nitrogens with two attached hydrogens (primary N) is 1. The second kappa shape index (κ2) is 5.48. The Balaban J connectivity index is 2.24. The number of benzene rings is 2. The van der Waals surface area contributed by atoms with Gasteiger partial charge in [-0.15, -0.1) is 0 Å². The highest BCUT2D eigenvalue weighted by Gasteiger charge is 2.12. The van der Waals surface area contributed by atoms with E-state index in [1.807, 2.05) is 66.7 Å². The highest BCUT2D eigenvalue weighted by Crippen LogP contribution is 2.30. The molecule has 0 aliphatic rings. The Kier molecular flexibility index (Phi) is 3.36. The van der Waals surface area contributed by atoms with Crippen molar-refractivity contribution >= 4 is 5.82 Å². The van der Waals surface area contributed by atoms with Crippen LogP contribution in [0.4, 0.5) is 5.82 Å². The molecular weight excluding hydrogens is 258 g/mol. The van der Waals surface area contributed by atoms with Crippen LogP contribution in [0, 0.1) is 11.3 Å². The molecule has 0 saturated heterocycles. The van der Waals surface area contributed by atoms with Crippen molar-refractivity contribution in [3.05, 3.63) is 72.3 Å². The minimum absolute atomic E-state index is 0.262. The first-order valence-electron chi connectivity index (χ1n) is 6.61. The van der Waals surface area contributed by atoms with Crippen molar-refractivity contribution in [3.63, 3.8) is 0 Å². The molecule has 0 radical (unpaired) electrons. The molecule has 21 heavy (non-hydrogen) atoms. The fourth-order valence-electron chi connectivity index (χ4n) is 2.28. The number of nitrogen functional groups attached to an aromatic ring is 1. The maximum atomic E-state index is 9.35. The van der Waals surface area contributed by atoms with E-state index in [0.717, 1.165) is 22.4 Å². The normalized spacial score (nSPS) is 10.0. The first-order chi connectivity index (χ1) is 10.3. The van der Waals surface area contributed by atoms with Crippen LogP contribution in [-0.4, -0.2) is 4.98 Å². The molecule has 0 saturated carbocycles. The van der Waals surface area contributed by atoms with E-state index in [1.165, 1.54) is 0 Å². The zero-order valence-corrected chi connectivity index (χ0v) is 11.3. The van der Waals surface area contributed by atoms with Gasteiger partial charge < -0.3 is 5.73 Å². The lowest BCUT2D eigenvalue weighted by Gasteiger charge is -2.10. The number of nitriles is 1. The minimum atomic E-state index is 0.262. The summed E-state index contributed by atoms with van der Waals surface area (Å²) in [7, 11) is 0. The smallest absolute Gasteiger partial charge is 0.142 e. The molecule has 0 spiro atoms. The third-order valence-corrected chi connectivity index (χ3v) is 3.31. The predicted octanol–water partition coefficient (Wildman–Crippen LogP) is 3.87. The highest BCUT2D eigenvalue weighted by atomic mass is 14.8. The molecule has 1 heterocycles. The monoisotopic (exact) mass is 271 g/mol. The number of hydrogen-bond acceptors (Lipinski definition) is 3. The zero-order chi connectivity index (χ0) is 14.7. The van der Waals surface area contributed by atoms with Gasteiger partial charge in [0.15, 0.2) is 0 Å². The van der Waals surface area contributed by atoms with Crippen molar-refractivity contribution in [2.24, 2.45) is 0 Å². The van der Waals surface area contributed by atoms with Gasteiger partial charge in [0.05, 0.1) is 5.69 Å². The standard InChI is InChI=1S/C18H13N3/c19-12-16-15(13-7-3-1-4-8-13)11-17(21-18(16)20)14-9-5-2-6-10-14/h1-11H,(H2,20,21). The molecule has 2 N–H and O–H groups in total. The predicted molar refractivity (Wildman–Crippen MR) is 84.2 cm³/mol. The third kappa shape index (κ3) is 2.47. The van der Waals surface area contributed by atoms with Crippen molar-refractivity contribution in [3.8, 4) is 28.5 Å². The maximum Gasteiger partial charge on any atom is 0.142 e. The Bertz CT molecular complexity index is 803. The van der Waals surface area contributed by atoms with Crippen molar-refractivity contribution in [1.29, 1.82) is 5.26 Å². The molecule has 0 fully saturated rings. The van der Waals surface area contributed by atoms with E-state index in [1.54, 1.807) is 0 Å². The quantitative estimate of drug-likeness (QED) is 0.769. The van der Waals surface area contributed by atoms with Crippen LogP contribution in [0.5, 0.6) is 0 Å². The summed E-state index contributed by atoms with van der Waals surface area (Å²) in [5.41, 5.74) is 9.91. The topological polar surface area (TPSA) is 62.7 Å². The van der Waals surface area contributed by atoms with E-state index < -0.39 is 0 Å². The molecule has 3 rings (SSSR count). The van der Waals surface area contributed by atoms with Gasteiger partial charge in [0.2, 0.25) is 0 Å². The number of anilines is 1. The van der Waals surface area contributed by atoms with Gasteiger partial charge in [0.25, 0.3) is 0 Å². The summed E-state index contributed by atoms with van der Waals surface area (Å²) in [6.07, 6.45) is 0. The SMILES string of the molecule is N#Cc1c(-c2ccccc2)cc(-c2ccccc2)nc1N. The molecule has 0 atom stereocenters. The van der Waals surface area contributed by atoms with Gasteiger partial charge in [-0.05, 0) is 11.6 Å². The Labute approximate surface area is 123 Å². The van der Waals surface area contributed by atoms with Crippen LogP contribution < -0.4 is 5.73 Å². The van der Waals surface area contributed by atoms with Crippen LogP contribution in [-0.2, 0) is 0 Å². The Hall–Kier alpha value is -3.12. The van der Waals surface area contributed by atoms with E-state index in [9.17, 15) is 5.26 Å². The Morgan fingerprint density at radius 2 is 1.43 bits per heavy atom. The van der Waals surface area contributed by atoms with E-state index in [2.05, 4.69) is 11.1 Å². The molecule has 2 aromatic carbocycles. The molecule has 3 aromatic rings. The molecule has 0 bridgehead atoms. The fraction of sp³-hybridized carbons (Fsp3) is 0. The number of rotatable bonds is 2. The van der Waals surface area contributed by atoms with Crippen molar-refractivity contribution < 1.29 is 0 Å². The third-order valence-electron chi connectivity index (χ3n) is 3.31. The summed E-state index contributed by atoms with van der Waals surface area (Å²) in [5, 5.41) is 9.35. The Morgan fingerprint density at radius 3 is 2.00 bits per heavy atom. The van der Waals surface area contributed by atoms with E-state index in [4.69, 9.17) is 5.73 Å². The second-order valence-electron chi connectivity index (χ2n) is 4.66. The Morgan fingerprint density at radius 1 is 0.857 bits per heavy atom. The number of hydrogen-bond donors (Lipinski definition) is 1. The van der Waals surface area contributed by atoms with E-state index in [0.29, 0.717) is 5.56 Å². The van der Waals surface area contributed by atoms with Crippen molar-refractivity contribution in [2.45, 2.75) is 0 Å². The summed E-state index contributed by atoms with van der Waals surface area (Å²) >= 11 is 0. The van der Waals surface area contributed by atoms with E-state index >= 15 is 0 Å². The molecule has 3 heteroatoms. The maximum absolute atomic E-state index is 9.35. The molecular formula is C18H13N3. The molecule has 3 nitrogen and oxygen atoms in total. The summed E-state index contributed by atoms with van der Waals surface area (Å²) in [5.74, 6) is 0.262. The highest BCUT2D eigenvalue weighted by molar-refractivity contribution is 5.80. The van der Waals surface area contributed by atoms with Crippen LogP contribution in [0.2, 0.25) is 0 Å². The van der Waals surface area contributed by atoms with Gasteiger partial charge in [-0.3, -0.25) is 0 Å². The lowest BCUT2D eigenvalue weighted by Crippen LogP contribution is -1.99. The van der Waals surface area contributed by atoms with Gasteiger partial charge >= 0.3 is 0 Å². The molecule has 100 valence electrons. The average Bonchev–Trinajstić information content (AvgIpc) is 2.55. The molecule has 0 unspecified atom stereocenters. The largest absolute Gasteiger partial charge is 0.383 e. The van der Waals surface area contributed by atoms with Crippen molar-refractivity contribution in [2.75, 3.05) is 5.73 Å². The first kappa shape index (κ1) is 12.9. The average molecular weight is 271 g/mol. The summed E-state index contributed by atoms with van der Waals surface area (Å²) < 4.78 is 0. The van der Waals surface area contributed by atoms with Gasteiger partial charge in [-0.2, -0.15) is 5.26 Å². The van der Waals surface area contributed by atoms with Gasteiger partial charge in [0.1, 0.15) is 17.5 Å². The minimum Gasteiger partial charge on any atom is -0.383 e. The van der Waals surface area contributed by atoms with Gasteiger partial charge in [-0.1, -0.05) is 60.7 Å². The number of nitrogens with zero attached hydrogens (tertiary/aromatic N) is 2. The molecule has 0 aliphatic heterocycles. The number of pyridine rings is 1. The van der Waals surface area contributed by atoms with Crippen molar-refractivity contribution in [1.82, 2.24) is 4.98 Å². The summed E-state index contributed by atoms with van der Waals surface area (Å²) in [4.78, 5) is 4.36. The van der Waals surface area contributed by atoms with Crippen LogP contribution in [0.1, 0.15) is 5.56 Å². The van der Waals surface area contributed by atoms with Gasteiger partial charge in [-0.25, -0.2) is 4.98 Å². The fourth-order valence-corrected chi connectivity index (χ4v) is 2.28. The van der Waals surface area contributed by atoms with E-state index in [-0.39, 0.29) is 5.82 Å². The lowest BCUT2D eigenvalue weighted by atomic mass is 9.98. The number of aromatic nitrogens is 1. The van der Waals surface area contributed by atoms with Crippen LogP contribution in [0.25, 0.3) is 22.4 Å². The molecule has 1 aromatic heterocycles. The molecule has 0 amide bonds. The van der Waals surface area contributed by atoms with Gasteiger partial charge in [0, 0.05) is 11.1 Å².